The number of benzene rings is 1. The van der Waals surface area contributed by atoms with E-state index in [1.807, 2.05) is 0 Å². The van der Waals surface area contributed by atoms with Crippen LogP contribution >= 0.6 is 11.6 Å². The first-order valence-electron chi connectivity index (χ1n) is 4.37. The molecule has 0 aliphatic carbocycles. The normalized spacial score (nSPS) is 9.56. The van der Waals surface area contributed by atoms with E-state index >= 15 is 0 Å². The molecule has 0 saturated carbocycles. The summed E-state index contributed by atoms with van der Waals surface area (Å²) in [4.78, 5) is 9.95. The average Bonchev–Trinajstić information content (AvgIpc) is 2.23. The number of rotatable bonds is 4. The topological polar surface area (TPSA) is 55.2 Å². The van der Waals surface area contributed by atoms with Crippen LogP contribution in [0.5, 0.6) is 0 Å². The second-order valence-corrected chi connectivity index (χ2v) is 3.33. The molecule has 0 heterocycles. The Morgan fingerprint density at radius 1 is 1.62 bits per heavy atom. The minimum absolute atomic E-state index is 0.159. The number of terminal acetylenes is 1. The van der Waals surface area contributed by atoms with Gasteiger partial charge in [0.15, 0.2) is 0 Å². The van der Waals surface area contributed by atoms with Crippen LogP contribution in [0.2, 0.25) is 5.02 Å². The lowest BCUT2D eigenvalue weighted by Crippen LogP contribution is -2.04. The highest BCUT2D eigenvalue weighted by atomic mass is 35.5. The summed E-state index contributed by atoms with van der Waals surface area (Å²) in [6.45, 7) is 0.360. The molecule has 0 unspecified atom stereocenters. The van der Waals surface area contributed by atoms with Crippen LogP contribution in [0.4, 0.5) is 15.8 Å². The first kappa shape index (κ1) is 12.3. The Kier molecular flexibility index (Phi) is 4.09. The Morgan fingerprint density at radius 3 is 2.88 bits per heavy atom. The molecule has 0 spiro atoms. The van der Waals surface area contributed by atoms with Crippen LogP contribution in [-0.2, 0) is 0 Å². The Labute approximate surface area is 96.6 Å². The van der Waals surface area contributed by atoms with Gasteiger partial charge in [-0.05, 0) is 6.07 Å². The molecular weight excluding hydrogens is 235 g/mol. The van der Waals surface area contributed by atoms with Gasteiger partial charge < -0.3 is 5.32 Å². The summed E-state index contributed by atoms with van der Waals surface area (Å²) in [6.07, 6.45) is 5.44. The van der Waals surface area contributed by atoms with Gasteiger partial charge in [-0.1, -0.05) is 11.6 Å². The van der Waals surface area contributed by atoms with Gasteiger partial charge in [0.2, 0.25) is 0 Å². The zero-order valence-electron chi connectivity index (χ0n) is 8.17. The summed E-state index contributed by atoms with van der Waals surface area (Å²) in [7, 11) is 0. The third-order valence-corrected chi connectivity index (χ3v) is 2.11. The maximum absolute atomic E-state index is 13.0. The van der Waals surface area contributed by atoms with Crippen LogP contribution < -0.4 is 5.32 Å². The molecule has 0 amide bonds. The molecule has 1 N–H and O–H groups in total. The smallest absolute Gasteiger partial charge is 0.295 e. The van der Waals surface area contributed by atoms with Crippen LogP contribution in [0.15, 0.2) is 12.1 Å². The van der Waals surface area contributed by atoms with Crippen molar-refractivity contribution >= 4 is 23.0 Å². The van der Waals surface area contributed by atoms with E-state index in [-0.39, 0.29) is 16.4 Å². The molecule has 1 aromatic rings. The van der Waals surface area contributed by atoms with E-state index in [0.29, 0.717) is 13.0 Å². The van der Waals surface area contributed by atoms with Gasteiger partial charge in [0, 0.05) is 13.0 Å². The van der Waals surface area contributed by atoms with Crippen LogP contribution in [0.1, 0.15) is 6.42 Å². The maximum atomic E-state index is 13.0. The third-order valence-electron chi connectivity index (χ3n) is 1.82. The minimum Gasteiger partial charge on any atom is -0.378 e. The molecule has 0 aromatic heterocycles. The number of nitro benzene ring substituents is 1. The predicted octanol–water partition coefficient (Wildman–Crippen LogP) is 2.82. The first-order chi connectivity index (χ1) is 7.56. The summed E-state index contributed by atoms with van der Waals surface area (Å²) in [6, 6.07) is 1.95. The number of nitrogens with zero attached hydrogens (tertiary/aromatic N) is 1. The van der Waals surface area contributed by atoms with E-state index in [4.69, 9.17) is 18.0 Å². The first-order valence-corrected chi connectivity index (χ1v) is 4.75. The lowest BCUT2D eigenvalue weighted by Gasteiger charge is -2.06. The van der Waals surface area contributed by atoms with Crippen molar-refractivity contribution in [3.63, 3.8) is 0 Å². The van der Waals surface area contributed by atoms with E-state index in [9.17, 15) is 14.5 Å². The summed E-state index contributed by atoms with van der Waals surface area (Å²) in [5.74, 6) is 1.55. The zero-order valence-corrected chi connectivity index (χ0v) is 8.92. The fourth-order valence-corrected chi connectivity index (χ4v) is 1.26. The molecule has 1 aromatic carbocycles. The highest BCUT2D eigenvalue weighted by Gasteiger charge is 2.17. The largest absolute Gasteiger partial charge is 0.378 e. The molecule has 0 aliphatic rings. The second kappa shape index (κ2) is 5.33. The molecular formula is C10H8ClFN2O2. The Bertz CT molecular complexity index is 457. The molecule has 0 saturated heterocycles. The van der Waals surface area contributed by atoms with Gasteiger partial charge in [-0.3, -0.25) is 10.1 Å². The highest BCUT2D eigenvalue weighted by molar-refractivity contribution is 6.31. The SMILES string of the molecule is C#CCCNc1cc(Cl)c(F)cc1[N+](=O)[O-]. The van der Waals surface area contributed by atoms with Crippen LogP contribution in [-0.4, -0.2) is 11.5 Å². The number of anilines is 1. The van der Waals surface area contributed by atoms with Gasteiger partial charge in [-0.2, -0.15) is 0 Å². The van der Waals surface area contributed by atoms with E-state index < -0.39 is 10.7 Å². The second-order valence-electron chi connectivity index (χ2n) is 2.92. The molecule has 0 atom stereocenters. The number of hydrogen-bond donors (Lipinski definition) is 1. The Balaban J connectivity index is 3.01. The maximum Gasteiger partial charge on any atom is 0.295 e. The van der Waals surface area contributed by atoms with Crippen molar-refractivity contribution in [3.05, 3.63) is 33.1 Å². The van der Waals surface area contributed by atoms with Crippen molar-refractivity contribution in [2.45, 2.75) is 6.42 Å². The van der Waals surface area contributed by atoms with Gasteiger partial charge in [0.1, 0.15) is 11.5 Å². The summed E-state index contributed by atoms with van der Waals surface area (Å²) in [5, 5.41) is 13.2. The molecule has 0 aliphatic heterocycles. The van der Waals surface area contributed by atoms with Crippen LogP contribution in [0.3, 0.4) is 0 Å². The van der Waals surface area contributed by atoms with Gasteiger partial charge in [-0.25, -0.2) is 4.39 Å². The van der Waals surface area contributed by atoms with Gasteiger partial charge in [-0.15, -0.1) is 12.3 Å². The number of nitro groups is 1. The Hall–Kier alpha value is -1.80. The third kappa shape index (κ3) is 2.84. The van der Waals surface area contributed by atoms with Gasteiger partial charge >= 0.3 is 0 Å². The molecule has 0 bridgehead atoms. The fourth-order valence-electron chi connectivity index (χ4n) is 1.10. The molecule has 0 fully saturated rings. The van der Waals surface area contributed by atoms with Gasteiger partial charge in [0.05, 0.1) is 16.0 Å². The summed E-state index contributed by atoms with van der Waals surface area (Å²) in [5.41, 5.74) is -0.203. The van der Waals surface area contributed by atoms with E-state index in [0.717, 1.165) is 6.07 Å². The summed E-state index contributed by atoms with van der Waals surface area (Å²) < 4.78 is 13.0. The van der Waals surface area contributed by atoms with Crippen molar-refractivity contribution < 1.29 is 9.31 Å². The standard InChI is InChI=1S/C10H8ClFN2O2/c1-2-3-4-13-9-5-7(11)8(12)6-10(9)14(15)16/h1,5-6,13H,3-4H2. The monoisotopic (exact) mass is 242 g/mol. The minimum atomic E-state index is -0.823. The van der Waals surface area contributed by atoms with Crippen LogP contribution in [0.25, 0.3) is 0 Å². The lowest BCUT2D eigenvalue weighted by atomic mass is 10.2. The molecule has 6 heteroatoms. The number of halogens is 2. The van der Waals surface area contributed by atoms with Crippen molar-refractivity contribution in [1.29, 1.82) is 0 Å². The molecule has 1 rings (SSSR count). The summed E-state index contributed by atoms with van der Waals surface area (Å²) >= 11 is 5.53. The number of nitrogens with one attached hydrogen (secondary N) is 1. The van der Waals surface area contributed by atoms with Gasteiger partial charge in [0.25, 0.3) is 5.69 Å². The molecule has 0 radical (unpaired) electrons. The van der Waals surface area contributed by atoms with Crippen molar-refractivity contribution in [2.24, 2.45) is 0 Å². The molecule has 4 nitrogen and oxygen atoms in total. The fraction of sp³-hybridized carbons (Fsp3) is 0.200. The molecule has 84 valence electrons. The van der Waals surface area contributed by atoms with Crippen molar-refractivity contribution in [3.8, 4) is 12.3 Å². The molecule has 16 heavy (non-hydrogen) atoms. The van der Waals surface area contributed by atoms with E-state index in [2.05, 4.69) is 11.2 Å². The number of hydrogen-bond acceptors (Lipinski definition) is 3. The zero-order chi connectivity index (χ0) is 12.1. The predicted molar refractivity (Wildman–Crippen MR) is 60.0 cm³/mol. The van der Waals surface area contributed by atoms with Crippen LogP contribution in [0, 0.1) is 28.3 Å². The lowest BCUT2D eigenvalue weighted by molar-refractivity contribution is -0.384. The Morgan fingerprint density at radius 2 is 2.31 bits per heavy atom. The average molecular weight is 243 g/mol. The quantitative estimate of drug-likeness (QED) is 0.382. The highest BCUT2D eigenvalue weighted by Crippen LogP contribution is 2.30. The van der Waals surface area contributed by atoms with E-state index in [1.54, 1.807) is 0 Å². The van der Waals surface area contributed by atoms with E-state index in [1.165, 1.54) is 6.07 Å². The van der Waals surface area contributed by atoms with Crippen molar-refractivity contribution in [2.75, 3.05) is 11.9 Å². The van der Waals surface area contributed by atoms with Crippen molar-refractivity contribution in [1.82, 2.24) is 0 Å².